The van der Waals surface area contributed by atoms with E-state index in [4.69, 9.17) is 0 Å². The number of sulfonamides is 1. The maximum atomic E-state index is 12.7. The van der Waals surface area contributed by atoms with Crippen LogP contribution in [-0.2, 0) is 21.2 Å². The highest BCUT2D eigenvalue weighted by Crippen LogP contribution is 2.30. The zero-order valence-electron chi connectivity index (χ0n) is 14.9. The lowest BCUT2D eigenvalue weighted by atomic mass is 10.1. The van der Waals surface area contributed by atoms with Crippen molar-refractivity contribution in [3.05, 3.63) is 52.5 Å². The number of nitrogens with one attached hydrogen (secondary N) is 1. The standard InChI is InChI=1S/C19H18BrN3O3S2/c20-14-5-3-4-13(10-14)11-18(24)22-19-21-16-7-6-15(12-17(16)27-19)28(25,26)23-8-1-2-9-23/h3-7,10,12H,1-2,8-9,11H2,(H,21,22,24). The fourth-order valence-corrected chi connectivity index (χ4v) is 6.18. The second kappa shape index (κ2) is 7.90. The maximum absolute atomic E-state index is 12.7. The van der Waals surface area contributed by atoms with Crippen LogP contribution in [0.4, 0.5) is 5.13 Å². The van der Waals surface area contributed by atoms with Crippen LogP contribution in [0.3, 0.4) is 0 Å². The van der Waals surface area contributed by atoms with Crippen LogP contribution in [-0.4, -0.2) is 36.7 Å². The van der Waals surface area contributed by atoms with E-state index in [-0.39, 0.29) is 17.2 Å². The molecule has 146 valence electrons. The topological polar surface area (TPSA) is 79.4 Å². The summed E-state index contributed by atoms with van der Waals surface area (Å²) in [4.78, 5) is 17.0. The normalized spacial score (nSPS) is 15.2. The summed E-state index contributed by atoms with van der Waals surface area (Å²) in [6.07, 6.45) is 2.04. The molecule has 0 saturated carbocycles. The lowest BCUT2D eigenvalue weighted by Crippen LogP contribution is -2.27. The molecule has 1 aliphatic heterocycles. The van der Waals surface area contributed by atoms with E-state index < -0.39 is 10.0 Å². The van der Waals surface area contributed by atoms with Crippen molar-refractivity contribution in [3.8, 4) is 0 Å². The Kier molecular flexibility index (Phi) is 5.50. The molecule has 1 fully saturated rings. The molecule has 1 N–H and O–H groups in total. The third kappa shape index (κ3) is 4.12. The third-order valence-electron chi connectivity index (χ3n) is 4.56. The van der Waals surface area contributed by atoms with Crippen LogP contribution in [0.15, 0.2) is 51.8 Å². The largest absolute Gasteiger partial charge is 0.302 e. The van der Waals surface area contributed by atoms with Gasteiger partial charge in [-0.25, -0.2) is 13.4 Å². The number of nitrogens with zero attached hydrogens (tertiary/aromatic N) is 2. The van der Waals surface area contributed by atoms with E-state index in [9.17, 15) is 13.2 Å². The molecule has 4 rings (SSSR count). The summed E-state index contributed by atoms with van der Waals surface area (Å²) >= 11 is 4.67. The number of thiazole rings is 1. The van der Waals surface area contributed by atoms with E-state index in [1.54, 1.807) is 18.2 Å². The smallest absolute Gasteiger partial charge is 0.243 e. The van der Waals surface area contributed by atoms with Crippen molar-refractivity contribution < 1.29 is 13.2 Å². The summed E-state index contributed by atoms with van der Waals surface area (Å²) in [5.74, 6) is -0.165. The fraction of sp³-hybridized carbons (Fsp3) is 0.263. The van der Waals surface area contributed by atoms with Crippen molar-refractivity contribution in [2.75, 3.05) is 18.4 Å². The summed E-state index contributed by atoms with van der Waals surface area (Å²) in [6, 6.07) is 12.5. The first-order valence-corrected chi connectivity index (χ1v) is 11.9. The van der Waals surface area contributed by atoms with Crippen molar-refractivity contribution in [3.63, 3.8) is 0 Å². The molecule has 0 atom stereocenters. The Labute approximate surface area is 175 Å². The van der Waals surface area contributed by atoms with Crippen LogP contribution in [0.1, 0.15) is 18.4 Å². The fourth-order valence-electron chi connectivity index (χ4n) is 3.19. The number of rotatable bonds is 5. The highest BCUT2D eigenvalue weighted by atomic mass is 79.9. The van der Waals surface area contributed by atoms with Crippen LogP contribution < -0.4 is 5.32 Å². The van der Waals surface area contributed by atoms with E-state index in [0.29, 0.717) is 23.7 Å². The Balaban J connectivity index is 1.52. The van der Waals surface area contributed by atoms with Crippen molar-refractivity contribution in [2.45, 2.75) is 24.2 Å². The van der Waals surface area contributed by atoms with Crippen LogP contribution in [0, 0.1) is 0 Å². The molecule has 1 aromatic heterocycles. The van der Waals surface area contributed by atoms with Gasteiger partial charge in [-0.15, -0.1) is 0 Å². The first-order chi connectivity index (χ1) is 13.4. The van der Waals surface area contributed by atoms with Crippen LogP contribution >= 0.6 is 27.3 Å². The number of carbonyl (C=O) groups is 1. The summed E-state index contributed by atoms with van der Waals surface area (Å²) < 4.78 is 28.6. The predicted molar refractivity (Wildman–Crippen MR) is 114 cm³/mol. The molecule has 1 aliphatic rings. The molecular formula is C19H18BrN3O3S2. The maximum Gasteiger partial charge on any atom is 0.243 e. The number of halogens is 1. The van der Waals surface area contributed by atoms with Crippen LogP contribution in [0.25, 0.3) is 10.2 Å². The Bertz CT molecular complexity index is 1140. The predicted octanol–water partition coefficient (Wildman–Crippen LogP) is 4.02. The first kappa shape index (κ1) is 19.5. The summed E-state index contributed by atoms with van der Waals surface area (Å²) in [7, 11) is -3.47. The van der Waals surface area contributed by atoms with Gasteiger partial charge < -0.3 is 5.32 Å². The average molecular weight is 480 g/mol. The number of hydrogen-bond donors (Lipinski definition) is 1. The average Bonchev–Trinajstić information content (AvgIpc) is 3.30. The summed E-state index contributed by atoms with van der Waals surface area (Å²) in [5.41, 5.74) is 1.56. The van der Waals surface area contributed by atoms with Gasteiger partial charge in [0.25, 0.3) is 0 Å². The molecule has 1 amide bonds. The number of aromatic nitrogens is 1. The number of hydrogen-bond acceptors (Lipinski definition) is 5. The van der Waals surface area contributed by atoms with Gasteiger partial charge in [0.15, 0.2) is 5.13 Å². The van der Waals surface area contributed by atoms with Crippen molar-refractivity contribution >= 4 is 58.5 Å². The lowest BCUT2D eigenvalue weighted by molar-refractivity contribution is -0.115. The Morgan fingerprint density at radius 1 is 1.18 bits per heavy atom. The Morgan fingerprint density at radius 2 is 1.96 bits per heavy atom. The van der Waals surface area contributed by atoms with Gasteiger partial charge in [0.1, 0.15) is 0 Å². The molecule has 0 radical (unpaired) electrons. The molecule has 3 aromatic rings. The minimum atomic E-state index is -3.47. The van der Waals surface area contributed by atoms with E-state index >= 15 is 0 Å². The van der Waals surface area contributed by atoms with Gasteiger partial charge in [-0.3, -0.25) is 4.79 Å². The van der Waals surface area contributed by atoms with Gasteiger partial charge in [0.2, 0.25) is 15.9 Å². The van der Waals surface area contributed by atoms with E-state index in [0.717, 1.165) is 27.6 Å². The zero-order valence-corrected chi connectivity index (χ0v) is 18.1. The number of carbonyl (C=O) groups excluding carboxylic acids is 1. The van der Waals surface area contributed by atoms with Crippen molar-refractivity contribution in [1.82, 2.24) is 9.29 Å². The lowest BCUT2D eigenvalue weighted by Gasteiger charge is -2.15. The molecule has 2 aromatic carbocycles. The molecule has 0 spiro atoms. The third-order valence-corrected chi connectivity index (χ3v) is 7.88. The monoisotopic (exact) mass is 479 g/mol. The molecule has 2 heterocycles. The molecule has 0 unspecified atom stereocenters. The van der Waals surface area contributed by atoms with Gasteiger partial charge >= 0.3 is 0 Å². The van der Waals surface area contributed by atoms with Gasteiger partial charge in [-0.2, -0.15) is 4.31 Å². The second-order valence-corrected chi connectivity index (χ2v) is 10.5. The number of fused-ring (bicyclic) bond motifs is 1. The molecule has 6 nitrogen and oxygen atoms in total. The molecule has 9 heteroatoms. The van der Waals surface area contributed by atoms with E-state index in [1.165, 1.54) is 15.6 Å². The Hall–Kier alpha value is -1.81. The number of anilines is 1. The minimum absolute atomic E-state index is 0.165. The van der Waals surface area contributed by atoms with Crippen molar-refractivity contribution in [2.24, 2.45) is 0 Å². The van der Waals surface area contributed by atoms with Crippen molar-refractivity contribution in [1.29, 1.82) is 0 Å². The Morgan fingerprint density at radius 3 is 2.71 bits per heavy atom. The van der Waals surface area contributed by atoms with E-state index in [1.807, 2.05) is 24.3 Å². The zero-order chi connectivity index (χ0) is 19.7. The first-order valence-electron chi connectivity index (χ1n) is 8.87. The van der Waals surface area contributed by atoms with Gasteiger partial charge in [0, 0.05) is 17.6 Å². The SMILES string of the molecule is O=C(Cc1cccc(Br)c1)Nc1nc2ccc(S(=O)(=O)N3CCCC3)cc2s1. The summed E-state index contributed by atoms with van der Waals surface area (Å²) in [6.45, 7) is 1.14. The number of benzene rings is 2. The minimum Gasteiger partial charge on any atom is -0.302 e. The van der Waals surface area contributed by atoms with E-state index in [2.05, 4.69) is 26.2 Å². The quantitative estimate of drug-likeness (QED) is 0.598. The number of amides is 1. The molecule has 28 heavy (non-hydrogen) atoms. The summed E-state index contributed by atoms with van der Waals surface area (Å²) in [5, 5.41) is 3.27. The molecule has 0 aliphatic carbocycles. The van der Waals surface area contributed by atoms with Crippen LogP contribution in [0.2, 0.25) is 0 Å². The second-order valence-electron chi connectivity index (χ2n) is 6.61. The highest BCUT2D eigenvalue weighted by Gasteiger charge is 2.27. The van der Waals surface area contributed by atoms with Gasteiger partial charge in [0.05, 0.1) is 21.5 Å². The molecule has 1 saturated heterocycles. The van der Waals surface area contributed by atoms with Gasteiger partial charge in [-0.1, -0.05) is 39.4 Å². The van der Waals surface area contributed by atoms with Crippen LogP contribution in [0.5, 0.6) is 0 Å². The highest BCUT2D eigenvalue weighted by molar-refractivity contribution is 9.10. The molecular weight excluding hydrogens is 462 g/mol. The molecule has 0 bridgehead atoms. The van der Waals surface area contributed by atoms with Gasteiger partial charge in [-0.05, 0) is 48.7 Å².